The fourth-order valence-corrected chi connectivity index (χ4v) is 3.25. The molecule has 0 spiro atoms. The number of benzene rings is 1. The molecule has 0 radical (unpaired) electrons. The van der Waals surface area contributed by atoms with E-state index in [0.717, 1.165) is 29.0 Å². The molecule has 1 aromatic carbocycles. The molecule has 2 unspecified atom stereocenters. The first kappa shape index (κ1) is 23.9. The Hall–Kier alpha value is -2.15. The van der Waals surface area contributed by atoms with Gasteiger partial charge in [-0.1, -0.05) is 18.2 Å². The highest BCUT2D eigenvalue weighted by Gasteiger charge is 2.27. The third-order valence-corrected chi connectivity index (χ3v) is 4.67. The maximum absolute atomic E-state index is 12.8. The lowest BCUT2D eigenvalue weighted by molar-refractivity contribution is -0.749. The summed E-state index contributed by atoms with van der Waals surface area (Å²) in [6, 6.07) is 10.1. The van der Waals surface area contributed by atoms with Crippen LogP contribution in [0.4, 0.5) is 5.69 Å². The van der Waals surface area contributed by atoms with Gasteiger partial charge in [0.2, 0.25) is 0 Å². The number of para-hydroxylation sites is 1. The molecular formula is C20H24Cl2N3O3-. The second-order valence-corrected chi connectivity index (χ2v) is 6.50. The van der Waals surface area contributed by atoms with Gasteiger partial charge < -0.3 is 29.6 Å². The van der Waals surface area contributed by atoms with E-state index in [0.29, 0.717) is 5.82 Å². The molecule has 8 heteroatoms. The van der Waals surface area contributed by atoms with Crippen molar-refractivity contribution in [2.75, 3.05) is 13.7 Å². The first-order chi connectivity index (χ1) is 12.5. The summed E-state index contributed by atoms with van der Waals surface area (Å²) in [4.78, 5) is 30.4. The second-order valence-electron chi connectivity index (χ2n) is 6.50. The minimum absolute atomic E-state index is 0. The maximum Gasteiger partial charge on any atom is 0.345 e. The Morgan fingerprint density at radius 1 is 1.32 bits per heavy atom. The van der Waals surface area contributed by atoms with Crippen molar-refractivity contribution in [3.63, 3.8) is 0 Å². The molecule has 6 nitrogen and oxygen atoms in total. The van der Waals surface area contributed by atoms with Gasteiger partial charge in [0.05, 0.1) is 13.7 Å². The lowest BCUT2D eigenvalue weighted by Crippen LogP contribution is -3.00. The minimum atomic E-state index is -0.615. The van der Waals surface area contributed by atoms with E-state index in [1.54, 1.807) is 11.5 Å². The molecule has 1 aromatic heterocycles. The fourth-order valence-electron chi connectivity index (χ4n) is 3.25. The first-order valence-electron chi connectivity index (χ1n) is 8.91. The molecule has 2 heterocycles. The molecule has 3 rings (SSSR count). The Kier molecular flexibility index (Phi) is 8.88. The molecule has 1 N–H and O–H groups in total. The number of hydrogen-bond donors (Lipinski definition) is 1. The SMILES string of the molecule is CCOC(=O)c1cnc2n(c1=O)C(C)CCC2=C[NH+](C)c1ccccc1.[Cl-].[Cl-]. The molecule has 152 valence electrons. The topological polar surface area (TPSA) is 65.6 Å². The predicted octanol–water partition coefficient (Wildman–Crippen LogP) is -4.03. The van der Waals surface area contributed by atoms with Gasteiger partial charge in [-0.2, -0.15) is 0 Å². The van der Waals surface area contributed by atoms with Crippen molar-refractivity contribution in [2.24, 2.45) is 0 Å². The van der Waals surface area contributed by atoms with Crippen molar-refractivity contribution < 1.29 is 39.2 Å². The average molecular weight is 425 g/mol. The van der Waals surface area contributed by atoms with Gasteiger partial charge in [-0.25, -0.2) is 9.78 Å². The number of halogens is 2. The summed E-state index contributed by atoms with van der Waals surface area (Å²) in [5.74, 6) is 0.0210. The Morgan fingerprint density at radius 2 is 2.00 bits per heavy atom. The highest BCUT2D eigenvalue weighted by Crippen LogP contribution is 2.29. The monoisotopic (exact) mass is 424 g/mol. The third kappa shape index (κ3) is 4.82. The van der Waals surface area contributed by atoms with Crippen molar-refractivity contribution in [1.82, 2.24) is 9.55 Å². The summed E-state index contributed by atoms with van der Waals surface area (Å²) in [5, 5.41) is 0. The number of hydrogen-bond acceptors (Lipinski definition) is 4. The molecule has 0 saturated heterocycles. The first-order valence-corrected chi connectivity index (χ1v) is 8.91. The van der Waals surface area contributed by atoms with E-state index in [2.05, 4.69) is 30.4 Å². The lowest BCUT2D eigenvalue weighted by atomic mass is 10.00. The van der Waals surface area contributed by atoms with Crippen LogP contribution < -0.4 is 35.3 Å². The highest BCUT2D eigenvalue weighted by molar-refractivity contribution is 5.88. The summed E-state index contributed by atoms with van der Waals surface area (Å²) in [5.41, 5.74) is 1.81. The van der Waals surface area contributed by atoms with E-state index in [1.165, 1.54) is 6.20 Å². The van der Waals surface area contributed by atoms with Gasteiger partial charge in [-0.05, 0) is 38.8 Å². The van der Waals surface area contributed by atoms with Crippen LogP contribution in [0.15, 0.2) is 47.5 Å². The van der Waals surface area contributed by atoms with Gasteiger partial charge in [0.1, 0.15) is 23.3 Å². The number of esters is 1. The molecule has 0 fully saturated rings. The average Bonchev–Trinajstić information content (AvgIpc) is 2.64. The molecule has 2 aromatic rings. The number of carbonyl (C=O) groups is 1. The molecule has 0 bridgehead atoms. The smallest absolute Gasteiger partial charge is 0.345 e. The normalized spacial score (nSPS) is 17.7. The van der Waals surface area contributed by atoms with E-state index in [1.807, 2.05) is 25.1 Å². The molecule has 2 atom stereocenters. The zero-order valence-corrected chi connectivity index (χ0v) is 17.6. The molecule has 0 saturated carbocycles. The Bertz CT molecular complexity index is 897. The van der Waals surface area contributed by atoms with Gasteiger partial charge in [-0.15, -0.1) is 0 Å². The number of ether oxygens (including phenoxy) is 1. The van der Waals surface area contributed by atoms with E-state index >= 15 is 0 Å². The van der Waals surface area contributed by atoms with Crippen LogP contribution in [0.1, 0.15) is 48.9 Å². The number of rotatable bonds is 4. The van der Waals surface area contributed by atoms with Crippen LogP contribution in [0, 0.1) is 0 Å². The number of allylic oxidation sites excluding steroid dienone is 1. The summed E-state index contributed by atoms with van der Waals surface area (Å²) in [7, 11) is 2.05. The van der Waals surface area contributed by atoms with Crippen LogP contribution in [0.2, 0.25) is 0 Å². The van der Waals surface area contributed by atoms with Crippen molar-refractivity contribution in [3.05, 3.63) is 64.5 Å². The van der Waals surface area contributed by atoms with Gasteiger partial charge in [0, 0.05) is 17.8 Å². The largest absolute Gasteiger partial charge is 1.00 e. The van der Waals surface area contributed by atoms with Crippen LogP contribution in [0.25, 0.3) is 5.57 Å². The zero-order chi connectivity index (χ0) is 18.7. The van der Waals surface area contributed by atoms with Crippen molar-refractivity contribution in [3.8, 4) is 0 Å². The lowest BCUT2D eigenvalue weighted by Gasteiger charge is -2.26. The second kappa shape index (κ2) is 10.4. The summed E-state index contributed by atoms with van der Waals surface area (Å²) in [6.45, 7) is 3.92. The number of nitrogens with one attached hydrogen (secondary N) is 1. The highest BCUT2D eigenvalue weighted by atomic mass is 35.5. The Morgan fingerprint density at radius 3 is 2.64 bits per heavy atom. The fraction of sp³-hybridized carbons (Fsp3) is 0.350. The predicted molar refractivity (Wildman–Crippen MR) is 99.4 cm³/mol. The van der Waals surface area contributed by atoms with Gasteiger partial charge in [0.15, 0.2) is 0 Å². The number of nitrogens with zero attached hydrogens (tertiary/aromatic N) is 2. The Labute approximate surface area is 177 Å². The van der Waals surface area contributed by atoms with Crippen LogP contribution >= 0.6 is 0 Å². The Balaban J connectivity index is 0.00000196. The zero-order valence-electron chi connectivity index (χ0n) is 16.1. The number of aromatic nitrogens is 2. The molecule has 1 aliphatic heterocycles. The van der Waals surface area contributed by atoms with E-state index in [9.17, 15) is 9.59 Å². The molecule has 0 amide bonds. The number of quaternary nitrogens is 1. The molecule has 28 heavy (non-hydrogen) atoms. The van der Waals surface area contributed by atoms with Crippen molar-refractivity contribution in [1.29, 1.82) is 0 Å². The molecular weight excluding hydrogens is 401 g/mol. The van der Waals surface area contributed by atoms with Crippen molar-refractivity contribution in [2.45, 2.75) is 32.7 Å². The molecule has 1 aliphatic rings. The van der Waals surface area contributed by atoms with E-state index in [4.69, 9.17) is 4.74 Å². The van der Waals surface area contributed by atoms with Crippen LogP contribution in [-0.4, -0.2) is 29.2 Å². The van der Waals surface area contributed by atoms with Gasteiger partial charge in [-0.3, -0.25) is 14.3 Å². The minimum Gasteiger partial charge on any atom is -1.00 e. The number of carbonyl (C=O) groups excluding carboxylic acids is 1. The van der Waals surface area contributed by atoms with Crippen LogP contribution in [0.5, 0.6) is 0 Å². The standard InChI is InChI=1S/C20H23N3O3.2ClH/c1-4-26-20(25)17-12-21-18-15(11-10-14(2)23(18)19(17)24)13-22(3)16-8-6-5-7-9-16;;/h5-9,12-14H,4,10-11H2,1-3H3;2*1H/p-1. The summed E-state index contributed by atoms with van der Waals surface area (Å²) < 4.78 is 6.60. The summed E-state index contributed by atoms with van der Waals surface area (Å²) >= 11 is 0. The quantitative estimate of drug-likeness (QED) is 0.507. The maximum atomic E-state index is 12.8. The number of fused-ring (bicyclic) bond motifs is 1. The van der Waals surface area contributed by atoms with E-state index < -0.39 is 5.97 Å². The van der Waals surface area contributed by atoms with Crippen LogP contribution in [-0.2, 0) is 4.74 Å². The van der Waals surface area contributed by atoms with Gasteiger partial charge >= 0.3 is 5.97 Å². The third-order valence-electron chi connectivity index (χ3n) is 4.67. The van der Waals surface area contributed by atoms with Crippen LogP contribution in [0.3, 0.4) is 0 Å². The van der Waals surface area contributed by atoms with E-state index in [-0.39, 0.29) is 48.6 Å². The molecule has 0 aliphatic carbocycles. The summed E-state index contributed by atoms with van der Waals surface area (Å²) in [6.07, 6.45) is 5.10. The van der Waals surface area contributed by atoms with Crippen molar-refractivity contribution >= 4 is 17.2 Å². The van der Waals surface area contributed by atoms with Gasteiger partial charge in [0.25, 0.3) is 5.56 Å².